The number of nitrogens with zero attached hydrogens (tertiary/aromatic N) is 3. The summed E-state index contributed by atoms with van der Waals surface area (Å²) in [7, 11) is 0. The van der Waals surface area contributed by atoms with Crippen molar-refractivity contribution in [1.82, 2.24) is 9.13 Å². The molecule has 0 aliphatic heterocycles. The van der Waals surface area contributed by atoms with Gasteiger partial charge in [-0.15, -0.1) is 0 Å². The van der Waals surface area contributed by atoms with E-state index in [0.717, 1.165) is 6.42 Å². The molecular formula is C13H14ClN3O3. The maximum Gasteiger partial charge on any atom is 0.328 e. The Balaban J connectivity index is 2.40. The Hall–Kier alpha value is -2.08. The monoisotopic (exact) mass is 295 g/mol. The molecule has 0 saturated heterocycles. The van der Waals surface area contributed by atoms with Crippen LogP contribution in [0.4, 0.5) is 5.69 Å². The van der Waals surface area contributed by atoms with Crippen LogP contribution in [-0.2, 0) is 13.1 Å². The molecule has 0 spiro atoms. The van der Waals surface area contributed by atoms with Crippen LogP contribution in [-0.4, -0.2) is 14.1 Å². The second kappa shape index (κ2) is 5.92. The van der Waals surface area contributed by atoms with Gasteiger partial charge in [0, 0.05) is 25.0 Å². The van der Waals surface area contributed by atoms with Crippen molar-refractivity contribution in [1.29, 1.82) is 0 Å². The van der Waals surface area contributed by atoms with Crippen molar-refractivity contribution in [3.05, 3.63) is 61.8 Å². The summed E-state index contributed by atoms with van der Waals surface area (Å²) in [6, 6.07) is 4.49. The number of nitro groups is 1. The molecule has 0 saturated carbocycles. The number of benzene rings is 1. The number of hydrogen-bond acceptors (Lipinski definition) is 3. The van der Waals surface area contributed by atoms with Gasteiger partial charge in [0.1, 0.15) is 0 Å². The average molecular weight is 296 g/mol. The third-order valence-electron chi connectivity index (χ3n) is 3.00. The first-order chi connectivity index (χ1) is 9.54. The van der Waals surface area contributed by atoms with Crippen molar-refractivity contribution in [2.24, 2.45) is 0 Å². The maximum absolute atomic E-state index is 12.1. The standard InChI is InChI=1S/C13H14ClN3O3/c1-2-6-15-7-8-16(13(15)18)9-10-11(14)4-3-5-12(10)17(19)20/h3-5,7-8H,2,6,9H2,1H3. The second-order valence-electron chi connectivity index (χ2n) is 4.40. The Morgan fingerprint density at radius 2 is 2.00 bits per heavy atom. The lowest BCUT2D eigenvalue weighted by atomic mass is 10.2. The highest BCUT2D eigenvalue weighted by atomic mass is 35.5. The third kappa shape index (κ3) is 2.75. The Kier molecular flexibility index (Phi) is 4.24. The molecule has 2 aromatic rings. The summed E-state index contributed by atoms with van der Waals surface area (Å²) in [6.45, 7) is 2.69. The number of aryl methyl sites for hydroxylation is 1. The summed E-state index contributed by atoms with van der Waals surface area (Å²) < 4.78 is 2.99. The molecule has 2 rings (SSSR count). The zero-order chi connectivity index (χ0) is 14.7. The molecule has 0 aliphatic carbocycles. The van der Waals surface area contributed by atoms with E-state index in [1.54, 1.807) is 23.0 Å². The van der Waals surface area contributed by atoms with Gasteiger partial charge in [-0.3, -0.25) is 19.2 Å². The Labute approximate surface area is 120 Å². The van der Waals surface area contributed by atoms with Gasteiger partial charge in [-0.2, -0.15) is 0 Å². The van der Waals surface area contributed by atoms with Gasteiger partial charge >= 0.3 is 5.69 Å². The molecule has 0 unspecified atom stereocenters. The van der Waals surface area contributed by atoms with E-state index in [0.29, 0.717) is 12.1 Å². The van der Waals surface area contributed by atoms with E-state index in [4.69, 9.17) is 11.6 Å². The fourth-order valence-electron chi connectivity index (χ4n) is 2.03. The number of rotatable bonds is 5. The van der Waals surface area contributed by atoms with E-state index in [-0.39, 0.29) is 22.9 Å². The zero-order valence-electron chi connectivity index (χ0n) is 11.0. The second-order valence-corrected chi connectivity index (χ2v) is 4.80. The molecule has 1 heterocycles. The topological polar surface area (TPSA) is 70.1 Å². The summed E-state index contributed by atoms with van der Waals surface area (Å²) in [4.78, 5) is 22.6. The molecule has 1 aromatic heterocycles. The highest BCUT2D eigenvalue weighted by molar-refractivity contribution is 6.31. The van der Waals surface area contributed by atoms with Crippen LogP contribution in [0.15, 0.2) is 35.4 Å². The number of imidazole rings is 1. The molecule has 0 amide bonds. The highest BCUT2D eigenvalue weighted by Crippen LogP contribution is 2.26. The lowest BCUT2D eigenvalue weighted by molar-refractivity contribution is -0.385. The van der Waals surface area contributed by atoms with Crippen LogP contribution in [0.2, 0.25) is 5.02 Å². The Morgan fingerprint density at radius 1 is 1.30 bits per heavy atom. The summed E-state index contributed by atoms with van der Waals surface area (Å²) >= 11 is 6.02. The van der Waals surface area contributed by atoms with Gasteiger partial charge in [0.2, 0.25) is 0 Å². The molecule has 0 radical (unpaired) electrons. The fraction of sp³-hybridized carbons (Fsp3) is 0.308. The molecule has 0 bridgehead atoms. The SMILES string of the molecule is CCCn1ccn(Cc2c(Cl)cccc2[N+](=O)[O-])c1=O. The van der Waals surface area contributed by atoms with E-state index in [1.807, 2.05) is 6.92 Å². The molecule has 1 aromatic carbocycles. The number of nitro benzene ring substituents is 1. The van der Waals surface area contributed by atoms with Crippen LogP contribution in [0.1, 0.15) is 18.9 Å². The van der Waals surface area contributed by atoms with Gasteiger partial charge < -0.3 is 0 Å². The number of halogens is 1. The zero-order valence-corrected chi connectivity index (χ0v) is 11.7. The summed E-state index contributed by atoms with van der Waals surface area (Å²) in [5, 5.41) is 11.3. The minimum Gasteiger partial charge on any atom is -0.299 e. The molecule has 6 nitrogen and oxygen atoms in total. The molecular weight excluding hydrogens is 282 g/mol. The fourth-order valence-corrected chi connectivity index (χ4v) is 2.26. The maximum atomic E-state index is 12.1. The number of hydrogen-bond donors (Lipinski definition) is 0. The predicted octanol–water partition coefficient (Wildman–Crippen LogP) is 2.67. The van der Waals surface area contributed by atoms with Crippen molar-refractivity contribution in [3.8, 4) is 0 Å². The largest absolute Gasteiger partial charge is 0.328 e. The third-order valence-corrected chi connectivity index (χ3v) is 3.36. The first-order valence-corrected chi connectivity index (χ1v) is 6.59. The van der Waals surface area contributed by atoms with E-state index < -0.39 is 4.92 Å². The summed E-state index contributed by atoms with van der Waals surface area (Å²) in [6.07, 6.45) is 4.13. The van der Waals surface area contributed by atoms with Gasteiger partial charge in [0.15, 0.2) is 0 Å². The van der Waals surface area contributed by atoms with Crippen molar-refractivity contribution in [2.75, 3.05) is 0 Å². The smallest absolute Gasteiger partial charge is 0.299 e. The lowest BCUT2D eigenvalue weighted by Crippen LogP contribution is -2.24. The molecule has 0 aliphatic rings. The number of aromatic nitrogens is 2. The minimum atomic E-state index is -0.491. The van der Waals surface area contributed by atoms with E-state index in [2.05, 4.69) is 0 Å². The van der Waals surface area contributed by atoms with E-state index >= 15 is 0 Å². The van der Waals surface area contributed by atoms with Gasteiger partial charge in [0.25, 0.3) is 5.69 Å². The highest BCUT2D eigenvalue weighted by Gasteiger charge is 2.17. The summed E-state index contributed by atoms with van der Waals surface area (Å²) in [5.41, 5.74) is 0.0734. The normalized spacial score (nSPS) is 10.7. The van der Waals surface area contributed by atoms with Crippen molar-refractivity contribution >= 4 is 17.3 Å². The summed E-state index contributed by atoms with van der Waals surface area (Å²) in [5.74, 6) is 0. The van der Waals surface area contributed by atoms with Crippen LogP contribution in [0.3, 0.4) is 0 Å². The molecule has 7 heteroatoms. The molecule has 0 N–H and O–H groups in total. The first-order valence-electron chi connectivity index (χ1n) is 6.22. The van der Waals surface area contributed by atoms with Crippen LogP contribution >= 0.6 is 11.6 Å². The predicted molar refractivity (Wildman–Crippen MR) is 76.2 cm³/mol. The molecule has 106 valence electrons. The van der Waals surface area contributed by atoms with Crippen LogP contribution in [0, 0.1) is 10.1 Å². The van der Waals surface area contributed by atoms with Crippen molar-refractivity contribution in [3.63, 3.8) is 0 Å². The van der Waals surface area contributed by atoms with Crippen LogP contribution < -0.4 is 5.69 Å². The van der Waals surface area contributed by atoms with Gasteiger partial charge in [-0.05, 0) is 12.5 Å². The average Bonchev–Trinajstić information content (AvgIpc) is 2.74. The van der Waals surface area contributed by atoms with Gasteiger partial charge in [0.05, 0.1) is 22.1 Å². The van der Waals surface area contributed by atoms with Crippen molar-refractivity contribution < 1.29 is 4.92 Å². The van der Waals surface area contributed by atoms with Gasteiger partial charge in [-0.1, -0.05) is 24.6 Å². The quantitative estimate of drug-likeness (QED) is 0.629. The lowest BCUT2D eigenvalue weighted by Gasteiger charge is -2.05. The van der Waals surface area contributed by atoms with Gasteiger partial charge in [-0.25, -0.2) is 4.79 Å². The Bertz CT molecular complexity index is 690. The van der Waals surface area contributed by atoms with E-state index in [9.17, 15) is 14.9 Å². The van der Waals surface area contributed by atoms with Crippen LogP contribution in [0.5, 0.6) is 0 Å². The minimum absolute atomic E-state index is 0.0763. The molecule has 0 atom stereocenters. The van der Waals surface area contributed by atoms with E-state index in [1.165, 1.54) is 16.7 Å². The van der Waals surface area contributed by atoms with Crippen molar-refractivity contribution in [2.45, 2.75) is 26.4 Å². The molecule has 0 fully saturated rings. The first kappa shape index (κ1) is 14.3. The Morgan fingerprint density at radius 3 is 2.65 bits per heavy atom. The molecule has 20 heavy (non-hydrogen) atoms. The van der Waals surface area contributed by atoms with Crippen LogP contribution in [0.25, 0.3) is 0 Å².